The van der Waals surface area contributed by atoms with Crippen molar-refractivity contribution < 1.29 is 14.2 Å². The van der Waals surface area contributed by atoms with Gasteiger partial charge in [-0.25, -0.2) is 0 Å². The van der Waals surface area contributed by atoms with Gasteiger partial charge in [0.2, 0.25) is 0 Å². The number of carbonyl (C=O) groups is 1. The number of rotatable bonds is 6. The molecule has 4 saturated carbocycles. The summed E-state index contributed by atoms with van der Waals surface area (Å²) in [6.07, 6.45) is 7.78. The van der Waals surface area contributed by atoms with Crippen LogP contribution in [0.2, 0.25) is 0 Å². The van der Waals surface area contributed by atoms with Crippen molar-refractivity contribution in [3.05, 3.63) is 38.9 Å². The van der Waals surface area contributed by atoms with Crippen LogP contribution >= 0.6 is 0 Å². The highest BCUT2D eigenvalue weighted by Gasteiger charge is 2.50. The lowest BCUT2D eigenvalue weighted by molar-refractivity contribution is -0.389. The van der Waals surface area contributed by atoms with E-state index in [-0.39, 0.29) is 29.4 Å². The molecule has 4 aliphatic carbocycles. The molecule has 4 aliphatic rings. The predicted octanol–water partition coefficient (Wildman–Crippen LogP) is 3.39. The number of nitro groups is 1. The molecule has 0 radical (unpaired) electrons. The van der Waals surface area contributed by atoms with E-state index in [0.29, 0.717) is 23.6 Å². The number of aryl methyl sites for hydroxylation is 2. The van der Waals surface area contributed by atoms with Gasteiger partial charge in [0, 0.05) is 6.54 Å². The standard InChI is InChI=1S/C21H27N5O4/c1-12-3-18(26(28)29)23-25(12)10-17-13(2)30-24-19(17)20(27)22-11-21-7-14-4-15(8-21)6-16(5-14)9-21/h3,14-16H,4-11H2,1-2H3,(H,22,27). The number of hydrogen-bond donors (Lipinski definition) is 1. The Kier molecular flexibility index (Phi) is 4.44. The number of nitrogens with zero attached hydrogens (tertiary/aromatic N) is 4. The first-order chi connectivity index (χ1) is 14.3. The van der Waals surface area contributed by atoms with Crippen molar-refractivity contribution in [1.82, 2.24) is 20.3 Å². The van der Waals surface area contributed by atoms with E-state index in [1.165, 1.54) is 49.3 Å². The molecule has 4 fully saturated rings. The van der Waals surface area contributed by atoms with E-state index in [1.807, 2.05) is 0 Å². The number of nitrogens with one attached hydrogen (secondary N) is 1. The molecule has 9 nitrogen and oxygen atoms in total. The van der Waals surface area contributed by atoms with Gasteiger partial charge in [0.1, 0.15) is 5.76 Å². The molecule has 0 saturated heterocycles. The predicted molar refractivity (Wildman–Crippen MR) is 107 cm³/mol. The van der Waals surface area contributed by atoms with Gasteiger partial charge in [-0.2, -0.15) is 4.68 Å². The van der Waals surface area contributed by atoms with Crippen LogP contribution in [0.15, 0.2) is 10.6 Å². The Hall–Kier alpha value is -2.71. The summed E-state index contributed by atoms with van der Waals surface area (Å²) in [6, 6.07) is 1.41. The Morgan fingerprint density at radius 3 is 2.47 bits per heavy atom. The fourth-order valence-corrected chi connectivity index (χ4v) is 6.51. The molecule has 2 aromatic heterocycles. The third-order valence-electron chi connectivity index (χ3n) is 7.45. The Labute approximate surface area is 174 Å². The molecular weight excluding hydrogens is 386 g/mol. The Morgan fingerprint density at radius 2 is 1.90 bits per heavy atom. The lowest BCUT2D eigenvalue weighted by atomic mass is 9.49. The van der Waals surface area contributed by atoms with Crippen LogP contribution in [0.1, 0.15) is 66.0 Å². The smallest absolute Gasteiger partial charge is 0.361 e. The zero-order chi connectivity index (χ0) is 21.0. The van der Waals surface area contributed by atoms with Crippen LogP contribution in [0.5, 0.6) is 0 Å². The summed E-state index contributed by atoms with van der Waals surface area (Å²) < 4.78 is 6.80. The molecule has 0 atom stereocenters. The van der Waals surface area contributed by atoms with E-state index >= 15 is 0 Å². The fraction of sp³-hybridized carbons (Fsp3) is 0.667. The van der Waals surface area contributed by atoms with Gasteiger partial charge in [0.25, 0.3) is 5.91 Å². The van der Waals surface area contributed by atoms with Crippen LogP contribution < -0.4 is 5.32 Å². The second-order valence-electron chi connectivity index (χ2n) is 9.72. The third-order valence-corrected chi connectivity index (χ3v) is 7.45. The Bertz CT molecular complexity index is 972. The highest BCUT2D eigenvalue weighted by atomic mass is 16.6. The van der Waals surface area contributed by atoms with E-state index in [9.17, 15) is 14.9 Å². The van der Waals surface area contributed by atoms with Crippen LogP contribution in [0.4, 0.5) is 5.82 Å². The minimum absolute atomic E-state index is 0.203. The maximum Gasteiger partial charge on any atom is 0.390 e. The lowest BCUT2D eigenvalue weighted by Gasteiger charge is -2.56. The number of aromatic nitrogens is 3. The van der Waals surface area contributed by atoms with E-state index in [2.05, 4.69) is 15.6 Å². The highest BCUT2D eigenvalue weighted by molar-refractivity contribution is 5.93. The third kappa shape index (κ3) is 3.30. The molecule has 0 aliphatic heterocycles. The zero-order valence-electron chi connectivity index (χ0n) is 17.4. The summed E-state index contributed by atoms with van der Waals surface area (Å²) in [5.41, 5.74) is 1.74. The molecule has 0 spiro atoms. The van der Waals surface area contributed by atoms with Gasteiger partial charge >= 0.3 is 5.82 Å². The van der Waals surface area contributed by atoms with Gasteiger partial charge in [0.15, 0.2) is 5.69 Å². The summed E-state index contributed by atoms with van der Waals surface area (Å²) in [5, 5.41) is 22.1. The summed E-state index contributed by atoms with van der Waals surface area (Å²) in [7, 11) is 0. The van der Waals surface area contributed by atoms with E-state index < -0.39 is 4.92 Å². The van der Waals surface area contributed by atoms with Crippen molar-refractivity contribution in [1.29, 1.82) is 0 Å². The van der Waals surface area contributed by atoms with Crippen LogP contribution in [0.3, 0.4) is 0 Å². The quantitative estimate of drug-likeness (QED) is 0.573. The number of carbonyl (C=O) groups excluding carboxylic acids is 1. The first-order valence-corrected chi connectivity index (χ1v) is 10.7. The highest BCUT2D eigenvalue weighted by Crippen LogP contribution is 2.59. The van der Waals surface area contributed by atoms with Gasteiger partial charge in [-0.05, 0) is 80.5 Å². The van der Waals surface area contributed by atoms with Crippen molar-refractivity contribution in [3.8, 4) is 0 Å². The van der Waals surface area contributed by atoms with Crippen molar-refractivity contribution >= 4 is 11.7 Å². The van der Waals surface area contributed by atoms with E-state index in [1.54, 1.807) is 13.8 Å². The molecule has 30 heavy (non-hydrogen) atoms. The maximum atomic E-state index is 13.0. The number of amides is 1. The average Bonchev–Trinajstić information content (AvgIpc) is 3.22. The van der Waals surface area contributed by atoms with Crippen molar-refractivity contribution in [2.75, 3.05) is 6.54 Å². The van der Waals surface area contributed by atoms with Crippen LogP contribution in [-0.4, -0.2) is 32.3 Å². The van der Waals surface area contributed by atoms with Crippen molar-refractivity contribution in [2.24, 2.45) is 23.2 Å². The second-order valence-corrected chi connectivity index (χ2v) is 9.72. The number of hydrogen-bond acceptors (Lipinski definition) is 6. The molecular formula is C21H27N5O4. The first-order valence-electron chi connectivity index (χ1n) is 10.7. The first kappa shape index (κ1) is 19.3. The van der Waals surface area contributed by atoms with Crippen molar-refractivity contribution in [3.63, 3.8) is 0 Å². The summed E-state index contributed by atoms with van der Waals surface area (Å²) in [6.45, 7) is 4.38. The molecule has 9 heteroatoms. The molecule has 1 N–H and O–H groups in total. The van der Waals surface area contributed by atoms with E-state index in [0.717, 1.165) is 17.8 Å². The topological polar surface area (TPSA) is 116 Å². The molecule has 0 unspecified atom stereocenters. The fourth-order valence-electron chi connectivity index (χ4n) is 6.51. The van der Waals surface area contributed by atoms with E-state index in [4.69, 9.17) is 4.52 Å². The van der Waals surface area contributed by atoms with Crippen LogP contribution in [0, 0.1) is 47.1 Å². The summed E-state index contributed by atoms with van der Waals surface area (Å²) >= 11 is 0. The molecule has 6 rings (SSSR count). The van der Waals surface area contributed by atoms with Crippen LogP contribution in [-0.2, 0) is 6.54 Å². The maximum absolute atomic E-state index is 13.0. The molecule has 1 amide bonds. The van der Waals surface area contributed by atoms with Gasteiger partial charge in [0.05, 0.1) is 29.0 Å². The largest absolute Gasteiger partial charge is 0.390 e. The molecule has 0 aromatic carbocycles. The van der Waals surface area contributed by atoms with Crippen molar-refractivity contribution in [2.45, 2.75) is 58.9 Å². The minimum Gasteiger partial charge on any atom is -0.361 e. The Balaban J connectivity index is 1.31. The molecule has 2 aromatic rings. The molecule has 2 heterocycles. The lowest BCUT2D eigenvalue weighted by Crippen LogP contribution is -2.51. The SMILES string of the molecule is Cc1onc(C(=O)NCC23CC4CC(CC(C4)C2)C3)c1Cn1nc([N+](=O)[O-])cc1C. The van der Waals surface area contributed by atoms with Gasteiger partial charge in [-0.3, -0.25) is 4.79 Å². The monoisotopic (exact) mass is 413 g/mol. The summed E-state index contributed by atoms with van der Waals surface area (Å²) in [4.78, 5) is 23.5. The minimum atomic E-state index is -0.525. The van der Waals surface area contributed by atoms with Gasteiger partial charge < -0.3 is 20.0 Å². The zero-order valence-corrected chi connectivity index (χ0v) is 17.4. The summed E-state index contributed by atoms with van der Waals surface area (Å²) in [5.74, 6) is 2.56. The van der Waals surface area contributed by atoms with Crippen LogP contribution in [0.25, 0.3) is 0 Å². The van der Waals surface area contributed by atoms with Gasteiger partial charge in [-0.15, -0.1) is 0 Å². The average molecular weight is 413 g/mol. The molecule has 160 valence electrons. The normalized spacial score (nSPS) is 29.3. The second kappa shape index (κ2) is 6.92. The Morgan fingerprint density at radius 1 is 1.27 bits per heavy atom. The molecule has 4 bridgehead atoms. The van der Waals surface area contributed by atoms with Gasteiger partial charge in [-0.1, -0.05) is 5.16 Å².